The Bertz CT molecular complexity index is 1080. The van der Waals surface area contributed by atoms with Crippen LogP contribution in [0.4, 0.5) is 11.6 Å². The highest BCUT2D eigenvalue weighted by Crippen LogP contribution is 2.34. The number of nitrogens with zero attached hydrogens (tertiary/aromatic N) is 1. The number of ether oxygens (including phenoxy) is 1. The predicted molar refractivity (Wildman–Crippen MR) is 122 cm³/mol. The lowest BCUT2D eigenvalue weighted by molar-refractivity contribution is -0.122. The van der Waals surface area contributed by atoms with E-state index in [9.17, 15) is 19.2 Å². The zero-order valence-electron chi connectivity index (χ0n) is 19.3. The van der Waals surface area contributed by atoms with Crippen molar-refractivity contribution < 1.29 is 28.3 Å². The van der Waals surface area contributed by atoms with Gasteiger partial charge in [0.15, 0.2) is 0 Å². The summed E-state index contributed by atoms with van der Waals surface area (Å²) in [6.07, 6.45) is 1.53. The fraction of sp³-hybridized carbons (Fsp3) is 0.417. The van der Waals surface area contributed by atoms with Gasteiger partial charge in [0.2, 0.25) is 17.7 Å². The Balaban J connectivity index is 1.86. The van der Waals surface area contributed by atoms with Crippen LogP contribution >= 0.6 is 0 Å². The number of hydrogen-bond donors (Lipinski definition) is 2. The van der Waals surface area contributed by atoms with Crippen molar-refractivity contribution in [3.63, 3.8) is 0 Å². The molecule has 0 spiro atoms. The van der Waals surface area contributed by atoms with Gasteiger partial charge < -0.3 is 19.8 Å². The van der Waals surface area contributed by atoms with Crippen LogP contribution in [0.1, 0.15) is 64.8 Å². The third-order valence-corrected chi connectivity index (χ3v) is 5.78. The lowest BCUT2D eigenvalue weighted by Gasteiger charge is -2.23. The van der Waals surface area contributed by atoms with Gasteiger partial charge in [0, 0.05) is 18.7 Å². The van der Waals surface area contributed by atoms with Gasteiger partial charge >= 0.3 is 5.97 Å². The van der Waals surface area contributed by atoms with Crippen LogP contribution in [0.3, 0.4) is 0 Å². The van der Waals surface area contributed by atoms with Gasteiger partial charge in [-0.15, -0.1) is 0 Å². The van der Waals surface area contributed by atoms with E-state index in [2.05, 4.69) is 5.32 Å². The number of para-hydroxylation sites is 1. The van der Waals surface area contributed by atoms with E-state index in [0.717, 1.165) is 29.7 Å². The number of nitrogens with one attached hydrogen (secondary N) is 1. The van der Waals surface area contributed by atoms with E-state index in [4.69, 9.17) is 14.9 Å². The minimum atomic E-state index is -0.932. The monoisotopic (exact) mass is 455 g/mol. The SMILES string of the molecule is CCOC(=O)c1c(C)oc(NC(=O)C2CC(=O)N(c3c(CC)cccc3CC)C2)c1C(N)=O. The maximum Gasteiger partial charge on any atom is 0.342 e. The number of anilines is 2. The van der Waals surface area contributed by atoms with Gasteiger partial charge in [-0.3, -0.25) is 19.7 Å². The van der Waals surface area contributed by atoms with Crippen LogP contribution in [0.25, 0.3) is 0 Å². The fourth-order valence-electron chi connectivity index (χ4n) is 4.19. The standard InChI is InChI=1S/C24H29N3O6/c1-5-14-9-8-10-15(6-2)20(14)27-12-16(11-17(27)28)22(30)26-23-19(21(25)29)18(13(4)33-23)24(31)32-7-3/h8-10,16H,5-7,11-12H2,1-4H3,(H2,25,29)(H,26,30). The van der Waals surface area contributed by atoms with E-state index in [-0.39, 0.29) is 48.3 Å². The number of hydrogen-bond acceptors (Lipinski definition) is 6. The van der Waals surface area contributed by atoms with Crippen molar-refractivity contribution in [2.75, 3.05) is 23.4 Å². The minimum Gasteiger partial charge on any atom is -0.462 e. The summed E-state index contributed by atoms with van der Waals surface area (Å²) in [5.41, 5.74) is 8.04. The van der Waals surface area contributed by atoms with Gasteiger partial charge in [-0.05, 0) is 37.8 Å². The second kappa shape index (κ2) is 9.89. The third-order valence-electron chi connectivity index (χ3n) is 5.78. The molecule has 0 saturated carbocycles. The molecule has 176 valence electrons. The van der Waals surface area contributed by atoms with Gasteiger partial charge in [-0.2, -0.15) is 0 Å². The molecular formula is C24H29N3O6. The van der Waals surface area contributed by atoms with E-state index < -0.39 is 23.7 Å². The molecule has 9 nitrogen and oxygen atoms in total. The summed E-state index contributed by atoms with van der Waals surface area (Å²) in [6, 6.07) is 5.94. The molecule has 1 aromatic carbocycles. The van der Waals surface area contributed by atoms with Crippen molar-refractivity contribution in [2.45, 2.75) is 47.0 Å². The van der Waals surface area contributed by atoms with E-state index >= 15 is 0 Å². The molecule has 33 heavy (non-hydrogen) atoms. The molecule has 0 radical (unpaired) electrons. The first-order chi connectivity index (χ1) is 15.7. The summed E-state index contributed by atoms with van der Waals surface area (Å²) in [7, 11) is 0. The maximum absolute atomic E-state index is 13.0. The quantitative estimate of drug-likeness (QED) is 0.588. The molecule has 3 rings (SSSR count). The molecule has 0 bridgehead atoms. The van der Waals surface area contributed by atoms with Crippen LogP contribution in [-0.2, 0) is 27.2 Å². The number of amides is 3. The molecule has 0 aliphatic carbocycles. The number of carbonyl (C=O) groups is 4. The first-order valence-corrected chi connectivity index (χ1v) is 11.1. The molecule has 2 heterocycles. The third kappa shape index (κ3) is 4.62. The normalized spacial score (nSPS) is 15.6. The number of furan rings is 1. The predicted octanol–water partition coefficient (Wildman–Crippen LogP) is 2.98. The van der Waals surface area contributed by atoms with Crippen LogP contribution in [0.15, 0.2) is 22.6 Å². The molecule has 1 aliphatic heterocycles. The summed E-state index contributed by atoms with van der Waals surface area (Å²) in [6.45, 7) is 7.45. The summed E-state index contributed by atoms with van der Waals surface area (Å²) in [5, 5.41) is 2.55. The number of primary amides is 1. The Hall–Kier alpha value is -3.62. The van der Waals surface area contributed by atoms with Crippen molar-refractivity contribution in [1.29, 1.82) is 0 Å². The maximum atomic E-state index is 13.0. The fourth-order valence-corrected chi connectivity index (χ4v) is 4.19. The number of rotatable bonds is 8. The first kappa shape index (κ1) is 24.0. The number of aryl methyl sites for hydroxylation is 3. The Morgan fingerprint density at radius 2 is 1.79 bits per heavy atom. The van der Waals surface area contributed by atoms with E-state index in [1.165, 1.54) is 6.92 Å². The van der Waals surface area contributed by atoms with Crippen LogP contribution in [0.5, 0.6) is 0 Å². The zero-order valence-corrected chi connectivity index (χ0v) is 19.3. The van der Waals surface area contributed by atoms with Gasteiger partial charge in [-0.1, -0.05) is 32.0 Å². The van der Waals surface area contributed by atoms with Gasteiger partial charge in [0.25, 0.3) is 5.91 Å². The van der Waals surface area contributed by atoms with Crippen molar-refractivity contribution in [1.82, 2.24) is 0 Å². The lowest BCUT2D eigenvalue weighted by atomic mass is 10.0. The molecule has 1 aromatic heterocycles. The summed E-state index contributed by atoms with van der Waals surface area (Å²) in [4.78, 5) is 51.8. The number of benzene rings is 1. The molecular weight excluding hydrogens is 426 g/mol. The van der Waals surface area contributed by atoms with Crippen LogP contribution in [0.2, 0.25) is 0 Å². The highest BCUT2D eigenvalue weighted by Gasteiger charge is 2.38. The highest BCUT2D eigenvalue weighted by atomic mass is 16.5. The Morgan fingerprint density at radius 3 is 2.33 bits per heavy atom. The van der Waals surface area contributed by atoms with Crippen LogP contribution < -0.4 is 16.0 Å². The molecule has 1 fully saturated rings. The van der Waals surface area contributed by atoms with Gasteiger partial charge in [-0.25, -0.2) is 4.79 Å². The van der Waals surface area contributed by atoms with Crippen molar-refractivity contribution in [2.24, 2.45) is 11.7 Å². The molecule has 3 N–H and O–H groups in total. The average molecular weight is 456 g/mol. The minimum absolute atomic E-state index is 0.0172. The van der Waals surface area contributed by atoms with E-state index in [1.807, 2.05) is 32.0 Å². The average Bonchev–Trinajstić information content (AvgIpc) is 3.32. The number of nitrogens with two attached hydrogens (primary N) is 1. The molecule has 1 atom stereocenters. The van der Waals surface area contributed by atoms with E-state index in [0.29, 0.717) is 0 Å². The summed E-state index contributed by atoms with van der Waals surface area (Å²) in [5.74, 6) is -3.12. The Morgan fingerprint density at radius 1 is 1.15 bits per heavy atom. The van der Waals surface area contributed by atoms with Crippen LogP contribution in [-0.4, -0.2) is 36.8 Å². The second-order valence-corrected chi connectivity index (χ2v) is 7.85. The zero-order chi connectivity index (χ0) is 24.3. The molecule has 1 saturated heterocycles. The topological polar surface area (TPSA) is 132 Å². The first-order valence-electron chi connectivity index (χ1n) is 11.1. The lowest BCUT2D eigenvalue weighted by Crippen LogP contribution is -2.30. The Labute approximate surface area is 192 Å². The van der Waals surface area contributed by atoms with Crippen molar-refractivity contribution in [3.05, 3.63) is 46.2 Å². The molecule has 2 aromatic rings. The molecule has 3 amide bonds. The molecule has 9 heteroatoms. The molecule has 1 unspecified atom stereocenters. The largest absolute Gasteiger partial charge is 0.462 e. The van der Waals surface area contributed by atoms with E-state index in [1.54, 1.807) is 11.8 Å². The second-order valence-electron chi connectivity index (χ2n) is 7.85. The number of carbonyl (C=O) groups excluding carboxylic acids is 4. The number of esters is 1. The van der Waals surface area contributed by atoms with Crippen LogP contribution in [0, 0.1) is 12.8 Å². The van der Waals surface area contributed by atoms with Gasteiger partial charge in [0.1, 0.15) is 16.9 Å². The Kier molecular flexibility index (Phi) is 7.20. The van der Waals surface area contributed by atoms with Crippen molar-refractivity contribution in [3.8, 4) is 0 Å². The van der Waals surface area contributed by atoms with Crippen molar-refractivity contribution >= 4 is 35.3 Å². The highest BCUT2D eigenvalue weighted by molar-refractivity contribution is 6.11. The summed E-state index contributed by atoms with van der Waals surface area (Å²) >= 11 is 0. The smallest absolute Gasteiger partial charge is 0.342 e. The summed E-state index contributed by atoms with van der Waals surface area (Å²) < 4.78 is 10.5. The molecule has 1 aliphatic rings. The van der Waals surface area contributed by atoms with Gasteiger partial charge in [0.05, 0.1) is 12.5 Å².